The van der Waals surface area contributed by atoms with Gasteiger partial charge in [-0.3, -0.25) is 9.78 Å². The summed E-state index contributed by atoms with van der Waals surface area (Å²) in [6, 6.07) is 3.35. The topological polar surface area (TPSA) is 117 Å². The Morgan fingerprint density at radius 1 is 1.30 bits per heavy atom. The molecule has 0 spiro atoms. The van der Waals surface area contributed by atoms with Gasteiger partial charge in [0.15, 0.2) is 5.84 Å². The Morgan fingerprint density at radius 2 is 1.96 bits per heavy atom. The fourth-order valence-electron chi connectivity index (χ4n) is 2.35. The molecule has 142 valence electrons. The predicted molar refractivity (Wildman–Crippen MR) is 101 cm³/mol. The van der Waals surface area contributed by atoms with E-state index in [0.29, 0.717) is 6.42 Å². The lowest BCUT2D eigenvalue weighted by Gasteiger charge is -2.21. The summed E-state index contributed by atoms with van der Waals surface area (Å²) in [6.45, 7) is 7.46. The highest BCUT2D eigenvalue weighted by Gasteiger charge is 2.43. The van der Waals surface area contributed by atoms with Gasteiger partial charge >= 0.3 is 5.97 Å². The van der Waals surface area contributed by atoms with Gasteiger partial charge in [0.2, 0.25) is 0 Å². The normalized spacial score (nSPS) is 18.4. The fourth-order valence-corrected chi connectivity index (χ4v) is 2.35. The number of hydrogen-bond acceptors (Lipinski definition) is 6. The molecule has 2 aromatic heterocycles. The van der Waals surface area contributed by atoms with Gasteiger partial charge in [0, 0.05) is 18.6 Å². The van der Waals surface area contributed by atoms with Gasteiger partial charge in [-0.05, 0) is 37.0 Å². The second-order valence-electron chi connectivity index (χ2n) is 6.52. The monoisotopic (exact) mass is 369 g/mol. The maximum atomic E-state index is 12.1. The van der Waals surface area contributed by atoms with Crippen molar-refractivity contribution in [3.63, 3.8) is 0 Å². The molecule has 27 heavy (non-hydrogen) atoms. The number of nitrogens with zero attached hydrogens (tertiary/aromatic N) is 4. The molecule has 2 N–H and O–H groups in total. The Morgan fingerprint density at radius 3 is 2.37 bits per heavy atom. The molecular formula is C19H23N5O3. The lowest BCUT2D eigenvalue weighted by molar-refractivity contribution is -0.124. The summed E-state index contributed by atoms with van der Waals surface area (Å²) < 4.78 is 0. The lowest BCUT2D eigenvalue weighted by atomic mass is 9.89. The van der Waals surface area contributed by atoms with E-state index in [-0.39, 0.29) is 28.9 Å². The fraction of sp³-hybridized carbons (Fsp3) is 0.368. The van der Waals surface area contributed by atoms with E-state index >= 15 is 0 Å². The number of carbonyl (C=O) groups is 2. The van der Waals surface area contributed by atoms with Gasteiger partial charge in [-0.25, -0.2) is 19.8 Å². The van der Waals surface area contributed by atoms with Crippen LogP contribution in [0.1, 0.15) is 49.3 Å². The molecule has 2 aromatic rings. The Kier molecular flexibility index (Phi) is 6.33. The van der Waals surface area contributed by atoms with Crippen LogP contribution in [0.5, 0.6) is 0 Å². The maximum Gasteiger partial charge on any atom is 0.338 e. The van der Waals surface area contributed by atoms with Crippen LogP contribution in [0.15, 0.2) is 42.0 Å². The molecule has 0 radical (unpaired) electrons. The van der Waals surface area contributed by atoms with E-state index in [0.717, 1.165) is 5.56 Å². The Bertz CT molecular complexity index is 825. The summed E-state index contributed by atoms with van der Waals surface area (Å²) >= 11 is 0. The third kappa shape index (κ3) is 4.52. The minimum Gasteiger partial charge on any atom is -0.478 e. The van der Waals surface area contributed by atoms with Gasteiger partial charge in [-0.15, -0.1) is 0 Å². The minimum atomic E-state index is -1.08. The van der Waals surface area contributed by atoms with Gasteiger partial charge in [-0.2, -0.15) is 0 Å². The second kappa shape index (κ2) is 8.48. The number of pyridine rings is 1. The number of hydrogen-bond donors (Lipinski definition) is 2. The van der Waals surface area contributed by atoms with Gasteiger partial charge in [0.05, 0.1) is 5.56 Å². The van der Waals surface area contributed by atoms with Crippen LogP contribution in [0.25, 0.3) is 0 Å². The Labute approximate surface area is 157 Å². The van der Waals surface area contributed by atoms with Crippen LogP contribution in [-0.2, 0) is 11.2 Å². The van der Waals surface area contributed by atoms with Crippen molar-refractivity contribution in [2.45, 2.75) is 39.7 Å². The Balaban J connectivity index is 0.000000369. The minimum absolute atomic E-state index is 0.00167. The zero-order chi connectivity index (χ0) is 20.0. The first-order valence-corrected chi connectivity index (χ1v) is 8.63. The van der Waals surface area contributed by atoms with Crippen LogP contribution < -0.4 is 5.32 Å². The number of aryl methyl sites for hydroxylation is 1. The molecule has 0 aromatic carbocycles. The molecule has 0 saturated carbocycles. The molecule has 3 rings (SSSR count). The Hall–Kier alpha value is -3.16. The first kappa shape index (κ1) is 20.2. The average molecular weight is 369 g/mol. The number of carbonyl (C=O) groups excluding carboxylic acids is 1. The van der Waals surface area contributed by atoms with E-state index in [1.165, 1.54) is 6.33 Å². The highest BCUT2D eigenvalue weighted by atomic mass is 16.4. The number of carboxylic acid groups (broad SMARTS) is 1. The number of amides is 1. The molecule has 0 bridgehead atoms. The molecule has 1 amide bonds. The van der Waals surface area contributed by atoms with Crippen molar-refractivity contribution in [1.29, 1.82) is 0 Å². The standard InChI is InChI=1S/C15H19N3O3.C4H4N2/c1-5-9-6-10(13(19)20)11(16-7-9)12-17-14(21)15(4,18-12)8(2)3;1-2-5-4-6-3-1/h6-8H,5H2,1-4H3,(H,19,20)(H,17,18,21);1-4H. The number of amidine groups is 1. The lowest BCUT2D eigenvalue weighted by Crippen LogP contribution is -2.41. The van der Waals surface area contributed by atoms with Crippen molar-refractivity contribution >= 4 is 17.7 Å². The van der Waals surface area contributed by atoms with E-state index in [2.05, 4.69) is 25.3 Å². The summed E-state index contributed by atoms with van der Waals surface area (Å²) in [6.07, 6.45) is 7.18. The maximum absolute atomic E-state index is 12.1. The largest absolute Gasteiger partial charge is 0.478 e. The molecule has 0 aliphatic carbocycles. The SMILES string of the molecule is CCc1cnc(C2=NC(C)(C(C)C)C(=O)N2)c(C(=O)O)c1.c1cncnc1. The number of nitrogens with one attached hydrogen (secondary N) is 1. The van der Waals surface area contributed by atoms with Crippen molar-refractivity contribution in [3.8, 4) is 0 Å². The third-order valence-corrected chi connectivity index (χ3v) is 4.44. The molecule has 8 nitrogen and oxygen atoms in total. The van der Waals surface area contributed by atoms with Crippen molar-refractivity contribution in [2.24, 2.45) is 10.9 Å². The number of rotatable bonds is 4. The number of aliphatic imine (C=N–C) groups is 1. The van der Waals surface area contributed by atoms with E-state index in [4.69, 9.17) is 0 Å². The van der Waals surface area contributed by atoms with E-state index in [1.54, 1.807) is 37.6 Å². The van der Waals surface area contributed by atoms with Crippen LogP contribution in [0.3, 0.4) is 0 Å². The smallest absolute Gasteiger partial charge is 0.338 e. The molecular weight excluding hydrogens is 346 g/mol. The van der Waals surface area contributed by atoms with E-state index < -0.39 is 11.5 Å². The summed E-state index contributed by atoms with van der Waals surface area (Å²) in [4.78, 5) is 39.5. The molecule has 0 fully saturated rings. The first-order chi connectivity index (χ1) is 12.8. The average Bonchev–Trinajstić information content (AvgIpc) is 2.99. The van der Waals surface area contributed by atoms with Crippen LogP contribution in [0, 0.1) is 5.92 Å². The molecule has 1 aliphatic heterocycles. The predicted octanol–water partition coefficient (Wildman–Crippen LogP) is 2.11. The molecule has 1 atom stereocenters. The zero-order valence-electron chi connectivity index (χ0n) is 15.8. The first-order valence-electron chi connectivity index (χ1n) is 8.63. The quantitative estimate of drug-likeness (QED) is 0.852. The van der Waals surface area contributed by atoms with Crippen molar-refractivity contribution in [2.75, 3.05) is 0 Å². The van der Waals surface area contributed by atoms with Gasteiger partial charge in [0.25, 0.3) is 5.91 Å². The zero-order valence-corrected chi connectivity index (χ0v) is 15.8. The summed E-state index contributed by atoms with van der Waals surface area (Å²) in [5.74, 6) is -1.08. The summed E-state index contributed by atoms with van der Waals surface area (Å²) in [5.41, 5.74) is 0.197. The van der Waals surface area contributed by atoms with E-state index in [9.17, 15) is 14.7 Å². The van der Waals surface area contributed by atoms with Crippen molar-refractivity contribution in [3.05, 3.63) is 53.9 Å². The van der Waals surface area contributed by atoms with Gasteiger partial charge in [0.1, 0.15) is 17.6 Å². The summed E-state index contributed by atoms with van der Waals surface area (Å²) in [7, 11) is 0. The van der Waals surface area contributed by atoms with Crippen LogP contribution in [0.4, 0.5) is 0 Å². The van der Waals surface area contributed by atoms with Gasteiger partial charge < -0.3 is 10.4 Å². The third-order valence-electron chi connectivity index (χ3n) is 4.44. The molecule has 1 unspecified atom stereocenters. The number of aromatic nitrogens is 3. The number of aromatic carboxylic acids is 1. The molecule has 3 heterocycles. The summed E-state index contributed by atoms with van der Waals surface area (Å²) in [5, 5.41) is 12.0. The molecule has 1 aliphatic rings. The van der Waals surface area contributed by atoms with Crippen molar-refractivity contribution in [1.82, 2.24) is 20.3 Å². The van der Waals surface area contributed by atoms with Gasteiger partial charge in [-0.1, -0.05) is 20.8 Å². The highest BCUT2D eigenvalue weighted by molar-refractivity contribution is 6.17. The van der Waals surface area contributed by atoms with Crippen molar-refractivity contribution < 1.29 is 14.7 Å². The van der Waals surface area contributed by atoms with E-state index in [1.807, 2.05) is 20.8 Å². The van der Waals surface area contributed by atoms with Crippen LogP contribution in [-0.4, -0.2) is 43.3 Å². The van der Waals surface area contributed by atoms with Crippen LogP contribution >= 0.6 is 0 Å². The second-order valence-corrected chi connectivity index (χ2v) is 6.52. The van der Waals surface area contributed by atoms with Crippen LogP contribution in [0.2, 0.25) is 0 Å². The number of carboxylic acids is 1. The highest BCUT2D eigenvalue weighted by Crippen LogP contribution is 2.27. The molecule has 8 heteroatoms. The molecule has 0 saturated heterocycles.